The Kier molecular flexibility index (Phi) is 7.26. The van der Waals surface area contributed by atoms with Gasteiger partial charge >= 0.3 is 5.97 Å². The first-order chi connectivity index (χ1) is 11.8. The smallest absolute Gasteiger partial charge is 0.308 e. The maximum Gasteiger partial charge on any atom is 0.308 e. The summed E-state index contributed by atoms with van der Waals surface area (Å²) in [6.07, 6.45) is 1.92. The number of aliphatic hydroxyl groups excluding tert-OH is 1. The lowest BCUT2D eigenvalue weighted by molar-refractivity contribution is -0.152. The molecule has 1 heterocycles. The van der Waals surface area contributed by atoms with Crippen LogP contribution < -0.4 is 4.74 Å². The Labute approximate surface area is 150 Å². The predicted molar refractivity (Wildman–Crippen MR) is 95.3 cm³/mol. The second-order valence-corrected chi connectivity index (χ2v) is 7.31. The Morgan fingerprint density at radius 2 is 1.92 bits per heavy atom. The van der Waals surface area contributed by atoms with Crippen molar-refractivity contribution in [2.24, 2.45) is 11.8 Å². The van der Waals surface area contributed by atoms with Crippen LogP contribution in [-0.2, 0) is 20.7 Å². The van der Waals surface area contributed by atoms with Gasteiger partial charge in [-0.25, -0.2) is 0 Å². The minimum atomic E-state index is -0.804. The van der Waals surface area contributed by atoms with Gasteiger partial charge in [-0.1, -0.05) is 32.9 Å². The molecule has 5 nitrogen and oxygen atoms in total. The van der Waals surface area contributed by atoms with E-state index in [0.29, 0.717) is 18.3 Å². The molecule has 140 valence electrons. The zero-order chi connectivity index (χ0) is 18.4. The predicted octanol–water partition coefficient (Wildman–Crippen LogP) is 3.33. The molecule has 1 aromatic carbocycles. The van der Waals surface area contributed by atoms with Gasteiger partial charge in [-0.05, 0) is 43.4 Å². The fraction of sp³-hybridized carbons (Fsp3) is 0.650. The second-order valence-electron chi connectivity index (χ2n) is 7.31. The Bertz CT molecular complexity index is 538. The molecule has 0 aromatic heterocycles. The third-order valence-corrected chi connectivity index (χ3v) is 4.28. The molecule has 0 saturated carbocycles. The van der Waals surface area contributed by atoms with E-state index in [1.165, 1.54) is 5.56 Å². The van der Waals surface area contributed by atoms with Crippen molar-refractivity contribution in [3.05, 3.63) is 29.8 Å². The Morgan fingerprint density at radius 3 is 2.52 bits per heavy atom. The summed E-state index contributed by atoms with van der Waals surface area (Å²) in [6, 6.07) is 7.80. The minimum Gasteiger partial charge on any atom is -0.465 e. The van der Waals surface area contributed by atoms with Crippen molar-refractivity contribution in [2.45, 2.75) is 65.5 Å². The first-order valence-corrected chi connectivity index (χ1v) is 9.09. The quantitative estimate of drug-likeness (QED) is 0.575. The van der Waals surface area contributed by atoms with Crippen LogP contribution in [0.15, 0.2) is 24.3 Å². The van der Waals surface area contributed by atoms with Crippen LogP contribution in [0, 0.1) is 11.8 Å². The van der Waals surface area contributed by atoms with Crippen molar-refractivity contribution in [3.63, 3.8) is 0 Å². The number of benzene rings is 1. The average molecular weight is 350 g/mol. The van der Waals surface area contributed by atoms with E-state index >= 15 is 0 Å². The number of aliphatic hydroxyl groups is 1. The topological polar surface area (TPSA) is 65.0 Å². The molecule has 25 heavy (non-hydrogen) atoms. The third kappa shape index (κ3) is 6.67. The van der Waals surface area contributed by atoms with E-state index in [2.05, 4.69) is 6.92 Å². The van der Waals surface area contributed by atoms with Crippen molar-refractivity contribution in [1.29, 1.82) is 0 Å². The van der Waals surface area contributed by atoms with E-state index in [1.54, 1.807) is 6.92 Å². The van der Waals surface area contributed by atoms with E-state index in [0.717, 1.165) is 19.3 Å². The average Bonchev–Trinajstić information content (AvgIpc) is 2.95. The maximum absolute atomic E-state index is 11.7. The van der Waals surface area contributed by atoms with E-state index < -0.39 is 6.29 Å². The number of rotatable bonds is 8. The summed E-state index contributed by atoms with van der Waals surface area (Å²) >= 11 is 0. The van der Waals surface area contributed by atoms with Gasteiger partial charge in [0.2, 0.25) is 0 Å². The summed E-state index contributed by atoms with van der Waals surface area (Å²) in [4.78, 5) is 11.7. The zero-order valence-corrected chi connectivity index (χ0v) is 15.6. The third-order valence-electron chi connectivity index (χ3n) is 4.28. The van der Waals surface area contributed by atoms with Crippen LogP contribution >= 0.6 is 0 Å². The molecule has 0 aliphatic carbocycles. The SMILES string of the molecule is CC(Cc1ccc(OC(C)O)cc1)CC1C[C@H](OC(=O)C(C)C)CO1. The number of hydrogen-bond donors (Lipinski definition) is 1. The van der Waals surface area contributed by atoms with E-state index in [-0.39, 0.29) is 24.1 Å². The Balaban J connectivity index is 1.75. The number of hydrogen-bond acceptors (Lipinski definition) is 5. The van der Waals surface area contributed by atoms with Crippen LogP contribution in [-0.4, -0.2) is 36.2 Å². The van der Waals surface area contributed by atoms with Crippen molar-refractivity contribution in [1.82, 2.24) is 0 Å². The molecule has 1 saturated heterocycles. The highest BCUT2D eigenvalue weighted by molar-refractivity contribution is 5.71. The fourth-order valence-electron chi connectivity index (χ4n) is 3.05. The van der Waals surface area contributed by atoms with Crippen LogP contribution in [0.2, 0.25) is 0 Å². The molecule has 1 aliphatic rings. The Morgan fingerprint density at radius 1 is 1.24 bits per heavy atom. The van der Waals surface area contributed by atoms with E-state index in [9.17, 15) is 9.90 Å². The molecule has 1 N–H and O–H groups in total. The molecule has 1 aliphatic heterocycles. The lowest BCUT2D eigenvalue weighted by Gasteiger charge is -2.17. The van der Waals surface area contributed by atoms with Crippen molar-refractivity contribution in [3.8, 4) is 5.75 Å². The summed E-state index contributed by atoms with van der Waals surface area (Å²) < 4.78 is 16.5. The van der Waals surface area contributed by atoms with Crippen LogP contribution in [0.3, 0.4) is 0 Å². The van der Waals surface area contributed by atoms with E-state index in [4.69, 9.17) is 14.2 Å². The zero-order valence-electron chi connectivity index (χ0n) is 15.6. The second kappa shape index (κ2) is 9.20. The van der Waals surface area contributed by atoms with Gasteiger partial charge in [0.1, 0.15) is 11.9 Å². The molecule has 1 aromatic rings. The van der Waals surface area contributed by atoms with Gasteiger partial charge in [0.05, 0.1) is 18.6 Å². The highest BCUT2D eigenvalue weighted by Crippen LogP contribution is 2.25. The van der Waals surface area contributed by atoms with E-state index in [1.807, 2.05) is 38.1 Å². The van der Waals surface area contributed by atoms with Crippen LogP contribution in [0.4, 0.5) is 0 Å². The largest absolute Gasteiger partial charge is 0.465 e. The molecular weight excluding hydrogens is 320 g/mol. The lowest BCUT2D eigenvalue weighted by atomic mass is 9.94. The number of ether oxygens (including phenoxy) is 3. The highest BCUT2D eigenvalue weighted by atomic mass is 16.6. The fourth-order valence-corrected chi connectivity index (χ4v) is 3.05. The standard InChI is InChI=1S/C20H30O5/c1-13(2)20(22)25-19-11-18(23-12-19)10-14(3)9-16-5-7-17(8-6-16)24-15(4)21/h5-8,13-15,18-19,21H,9-12H2,1-4H3/t14?,15?,18?,19-/m0/s1. The summed E-state index contributed by atoms with van der Waals surface area (Å²) in [6.45, 7) is 7.98. The van der Waals surface area contributed by atoms with Gasteiger partial charge in [-0.3, -0.25) is 4.79 Å². The van der Waals surface area contributed by atoms with Gasteiger partial charge < -0.3 is 19.3 Å². The van der Waals surface area contributed by atoms with Crippen molar-refractivity contribution < 1.29 is 24.1 Å². The van der Waals surface area contributed by atoms with Gasteiger partial charge in [0.15, 0.2) is 6.29 Å². The molecule has 0 amide bonds. The molecule has 3 unspecified atom stereocenters. The van der Waals surface area contributed by atoms with Gasteiger partial charge in [0, 0.05) is 6.42 Å². The van der Waals surface area contributed by atoms with Gasteiger partial charge in [0.25, 0.3) is 0 Å². The highest BCUT2D eigenvalue weighted by Gasteiger charge is 2.30. The monoisotopic (exact) mass is 350 g/mol. The van der Waals surface area contributed by atoms with Crippen molar-refractivity contribution >= 4 is 5.97 Å². The number of carbonyl (C=O) groups excluding carboxylic acids is 1. The van der Waals surface area contributed by atoms with Gasteiger partial charge in [-0.2, -0.15) is 0 Å². The maximum atomic E-state index is 11.7. The summed E-state index contributed by atoms with van der Waals surface area (Å²) in [5.74, 6) is 0.883. The molecule has 0 spiro atoms. The normalized spacial score (nSPS) is 22.6. The molecule has 2 rings (SSSR count). The summed E-state index contributed by atoms with van der Waals surface area (Å²) in [7, 11) is 0. The van der Waals surface area contributed by atoms with Crippen LogP contribution in [0.1, 0.15) is 46.1 Å². The molecule has 1 fully saturated rings. The van der Waals surface area contributed by atoms with Crippen LogP contribution in [0.25, 0.3) is 0 Å². The van der Waals surface area contributed by atoms with Crippen LogP contribution in [0.5, 0.6) is 5.75 Å². The molecule has 0 radical (unpaired) electrons. The first-order valence-electron chi connectivity index (χ1n) is 9.09. The minimum absolute atomic E-state index is 0.0984. The first kappa shape index (κ1) is 19.7. The molecule has 5 heteroatoms. The molecule has 4 atom stereocenters. The Hall–Kier alpha value is -1.59. The number of esters is 1. The summed E-state index contributed by atoms with van der Waals surface area (Å²) in [5, 5.41) is 9.22. The lowest BCUT2D eigenvalue weighted by Crippen LogP contribution is -2.22. The molecule has 0 bridgehead atoms. The van der Waals surface area contributed by atoms with Gasteiger partial charge in [-0.15, -0.1) is 0 Å². The summed E-state index contributed by atoms with van der Waals surface area (Å²) in [5.41, 5.74) is 1.23. The number of carbonyl (C=O) groups is 1. The molecular formula is C20H30O5. The van der Waals surface area contributed by atoms with Crippen molar-refractivity contribution in [2.75, 3.05) is 6.61 Å².